The van der Waals surface area contributed by atoms with E-state index in [1.165, 1.54) is 23.1 Å². The number of thiophene rings is 1. The number of likely N-dealkylation sites (N-methyl/N-ethyl adjacent to an activating group) is 1. The second-order valence-electron chi connectivity index (χ2n) is 8.34. The molecular formula is C26H25N5OS2. The molecule has 0 saturated heterocycles. The van der Waals surface area contributed by atoms with Gasteiger partial charge in [-0.3, -0.25) is 4.79 Å². The number of benzene rings is 1. The van der Waals surface area contributed by atoms with E-state index >= 15 is 0 Å². The van der Waals surface area contributed by atoms with E-state index in [9.17, 15) is 15.3 Å². The van der Waals surface area contributed by atoms with Crippen LogP contribution in [0, 0.1) is 29.6 Å². The number of pyridine rings is 1. The first-order chi connectivity index (χ1) is 16.4. The van der Waals surface area contributed by atoms with Gasteiger partial charge in [-0.1, -0.05) is 48.5 Å². The van der Waals surface area contributed by atoms with Crippen molar-refractivity contribution >= 4 is 34.0 Å². The number of aromatic nitrogens is 1. The number of aryl methyl sites for hydroxylation is 1. The summed E-state index contributed by atoms with van der Waals surface area (Å²) in [6, 6.07) is 16.1. The molecule has 0 spiro atoms. The van der Waals surface area contributed by atoms with Crippen molar-refractivity contribution in [2.24, 2.45) is 0 Å². The van der Waals surface area contributed by atoms with Gasteiger partial charge in [0.15, 0.2) is 0 Å². The number of amides is 1. The van der Waals surface area contributed by atoms with Gasteiger partial charge in [0.2, 0.25) is 5.91 Å². The van der Waals surface area contributed by atoms with Crippen LogP contribution in [0.3, 0.4) is 0 Å². The Morgan fingerprint density at radius 3 is 2.68 bits per heavy atom. The fourth-order valence-electron chi connectivity index (χ4n) is 3.89. The quantitative estimate of drug-likeness (QED) is 0.471. The molecule has 1 N–H and O–H groups in total. The van der Waals surface area contributed by atoms with E-state index in [1.54, 1.807) is 6.07 Å². The van der Waals surface area contributed by atoms with Crippen LogP contribution < -0.4 is 5.32 Å². The van der Waals surface area contributed by atoms with Crippen molar-refractivity contribution in [2.75, 3.05) is 18.9 Å². The summed E-state index contributed by atoms with van der Waals surface area (Å²) in [6.45, 7) is 5.66. The van der Waals surface area contributed by atoms with Gasteiger partial charge in [0, 0.05) is 23.5 Å². The number of nitriles is 2. The van der Waals surface area contributed by atoms with Gasteiger partial charge < -0.3 is 10.2 Å². The monoisotopic (exact) mass is 487 g/mol. The zero-order valence-electron chi connectivity index (χ0n) is 19.4. The SMILES string of the molecule is CCC(Sc1nc(-c2ccc(C)cc2)ccc1C#N)C(=O)Nc1sc2c(c1C#N)CCN(C)C2. The normalized spacial score (nSPS) is 14.0. The molecule has 3 aromatic rings. The zero-order chi connectivity index (χ0) is 24.2. The van der Waals surface area contributed by atoms with Crippen molar-refractivity contribution in [1.82, 2.24) is 9.88 Å². The molecule has 1 amide bonds. The Bertz CT molecular complexity index is 1300. The number of thioether (sulfide) groups is 1. The van der Waals surface area contributed by atoms with Crippen molar-refractivity contribution in [2.45, 2.75) is 43.5 Å². The number of rotatable bonds is 6. The first-order valence-corrected chi connectivity index (χ1v) is 12.8. The Morgan fingerprint density at radius 2 is 2.00 bits per heavy atom. The lowest BCUT2D eigenvalue weighted by molar-refractivity contribution is -0.115. The Balaban J connectivity index is 1.57. The highest BCUT2D eigenvalue weighted by molar-refractivity contribution is 8.00. The van der Waals surface area contributed by atoms with E-state index < -0.39 is 5.25 Å². The van der Waals surface area contributed by atoms with Crippen molar-refractivity contribution in [1.29, 1.82) is 10.5 Å². The number of carbonyl (C=O) groups is 1. The van der Waals surface area contributed by atoms with Gasteiger partial charge in [0.25, 0.3) is 0 Å². The summed E-state index contributed by atoms with van der Waals surface area (Å²) < 4.78 is 0. The number of carbonyl (C=O) groups excluding carboxylic acids is 1. The number of hydrogen-bond donors (Lipinski definition) is 1. The lowest BCUT2D eigenvalue weighted by Gasteiger charge is -2.21. The molecule has 1 unspecified atom stereocenters. The average Bonchev–Trinajstić information content (AvgIpc) is 3.18. The van der Waals surface area contributed by atoms with Crippen molar-refractivity contribution in [3.8, 4) is 23.4 Å². The summed E-state index contributed by atoms with van der Waals surface area (Å²) >= 11 is 2.78. The molecule has 6 nitrogen and oxygen atoms in total. The maximum Gasteiger partial charge on any atom is 0.238 e. The first kappa shape index (κ1) is 24.0. The molecule has 1 aromatic carbocycles. The van der Waals surface area contributed by atoms with Crippen molar-refractivity contribution in [3.05, 3.63) is 63.5 Å². The summed E-state index contributed by atoms with van der Waals surface area (Å²) in [5, 5.41) is 23.1. The lowest BCUT2D eigenvalue weighted by atomic mass is 10.0. The zero-order valence-corrected chi connectivity index (χ0v) is 21.0. The molecule has 2 aromatic heterocycles. The molecule has 1 aliphatic heterocycles. The maximum atomic E-state index is 13.2. The summed E-state index contributed by atoms with van der Waals surface area (Å²) in [4.78, 5) is 21.3. The van der Waals surface area contributed by atoms with Gasteiger partial charge in [0.1, 0.15) is 22.2 Å². The largest absolute Gasteiger partial charge is 0.316 e. The van der Waals surface area contributed by atoms with Crippen LogP contribution >= 0.6 is 23.1 Å². The summed E-state index contributed by atoms with van der Waals surface area (Å²) in [5.41, 5.74) is 4.97. The van der Waals surface area contributed by atoms with E-state index in [-0.39, 0.29) is 5.91 Å². The van der Waals surface area contributed by atoms with Crippen molar-refractivity contribution in [3.63, 3.8) is 0 Å². The average molecular weight is 488 g/mol. The predicted molar refractivity (Wildman–Crippen MR) is 137 cm³/mol. The molecule has 0 fully saturated rings. The maximum absolute atomic E-state index is 13.2. The van der Waals surface area contributed by atoms with Crippen LogP contribution in [0.15, 0.2) is 41.4 Å². The van der Waals surface area contributed by atoms with Crippen LogP contribution in [0.4, 0.5) is 5.00 Å². The third-order valence-corrected chi connectivity index (χ3v) is 8.34. The van der Waals surface area contributed by atoms with Gasteiger partial charge in [-0.2, -0.15) is 10.5 Å². The molecule has 8 heteroatoms. The number of nitrogens with zero attached hydrogens (tertiary/aromatic N) is 4. The van der Waals surface area contributed by atoms with Gasteiger partial charge >= 0.3 is 0 Å². The minimum atomic E-state index is -0.443. The molecular weight excluding hydrogens is 462 g/mol. The lowest BCUT2D eigenvalue weighted by Crippen LogP contribution is -2.25. The Labute approximate surface area is 208 Å². The van der Waals surface area contributed by atoms with Gasteiger partial charge in [-0.05, 0) is 44.5 Å². The van der Waals surface area contributed by atoms with E-state index in [4.69, 9.17) is 4.98 Å². The van der Waals surface area contributed by atoms with Crippen LogP contribution in [-0.2, 0) is 17.8 Å². The summed E-state index contributed by atoms with van der Waals surface area (Å²) in [5.74, 6) is -0.178. The van der Waals surface area contributed by atoms with E-state index in [1.807, 2.05) is 44.2 Å². The third-order valence-electron chi connectivity index (χ3n) is 5.84. The highest BCUT2D eigenvalue weighted by Crippen LogP contribution is 2.37. The predicted octanol–water partition coefficient (Wildman–Crippen LogP) is 5.36. The number of fused-ring (bicyclic) bond motifs is 1. The topological polar surface area (TPSA) is 92.8 Å². The molecule has 0 bridgehead atoms. The van der Waals surface area contributed by atoms with Crippen molar-refractivity contribution < 1.29 is 4.79 Å². The third kappa shape index (κ3) is 5.00. The van der Waals surface area contributed by atoms with Gasteiger partial charge in [0.05, 0.1) is 22.1 Å². The second kappa shape index (κ2) is 10.4. The molecule has 0 aliphatic carbocycles. The Morgan fingerprint density at radius 1 is 1.24 bits per heavy atom. The van der Waals surface area contributed by atoms with Gasteiger partial charge in [-0.25, -0.2) is 4.98 Å². The molecule has 3 heterocycles. The molecule has 172 valence electrons. The minimum Gasteiger partial charge on any atom is -0.316 e. The van der Waals surface area contributed by atoms with E-state index in [2.05, 4.69) is 29.4 Å². The fourth-order valence-corrected chi connectivity index (χ4v) is 6.16. The van der Waals surface area contributed by atoms with Crippen LogP contribution in [0.2, 0.25) is 0 Å². The van der Waals surface area contributed by atoms with Crippen LogP contribution in [0.1, 0.15) is 40.5 Å². The number of anilines is 1. The standard InChI is InChI=1S/C26H25N5OS2/c1-4-22(24(32)30-26-20(14-28)19-11-12-31(3)15-23(19)34-26)33-25-18(13-27)9-10-21(29-25)17-7-5-16(2)6-8-17/h5-10,22H,4,11-12,15H2,1-3H3,(H,30,32). The molecule has 1 atom stereocenters. The molecule has 4 rings (SSSR count). The summed E-state index contributed by atoms with van der Waals surface area (Å²) in [7, 11) is 2.06. The van der Waals surface area contributed by atoms with Crippen LogP contribution in [0.5, 0.6) is 0 Å². The van der Waals surface area contributed by atoms with Crippen LogP contribution in [-0.4, -0.2) is 34.6 Å². The molecule has 34 heavy (non-hydrogen) atoms. The van der Waals surface area contributed by atoms with Gasteiger partial charge in [-0.15, -0.1) is 11.3 Å². The second-order valence-corrected chi connectivity index (χ2v) is 10.6. The molecule has 1 aliphatic rings. The summed E-state index contributed by atoms with van der Waals surface area (Å²) in [6.07, 6.45) is 1.38. The van der Waals surface area contributed by atoms with Crippen LogP contribution in [0.25, 0.3) is 11.3 Å². The molecule has 0 saturated carbocycles. The number of hydrogen-bond acceptors (Lipinski definition) is 7. The highest BCUT2D eigenvalue weighted by atomic mass is 32.2. The smallest absolute Gasteiger partial charge is 0.238 e. The fraction of sp³-hybridized carbons (Fsp3) is 0.308. The Hall–Kier alpha value is -3.17. The Kier molecular flexibility index (Phi) is 7.33. The number of nitrogens with one attached hydrogen (secondary N) is 1. The van der Waals surface area contributed by atoms with E-state index in [0.29, 0.717) is 27.6 Å². The molecule has 0 radical (unpaired) electrons. The first-order valence-electron chi connectivity index (χ1n) is 11.1. The van der Waals surface area contributed by atoms with E-state index in [0.717, 1.165) is 46.8 Å². The minimum absolute atomic E-state index is 0.178. The highest BCUT2D eigenvalue weighted by Gasteiger charge is 2.27.